The maximum atomic E-state index is 12.0. The molecule has 0 aliphatic carbocycles. The Kier molecular flexibility index (Phi) is 3.68. The van der Waals surface area contributed by atoms with Crippen LogP contribution >= 0.6 is 11.8 Å². The van der Waals surface area contributed by atoms with Crippen LogP contribution in [0.5, 0.6) is 0 Å². The number of aromatic nitrogens is 3. The fourth-order valence-corrected chi connectivity index (χ4v) is 5.17. The van der Waals surface area contributed by atoms with E-state index in [4.69, 9.17) is 5.84 Å². The first kappa shape index (κ1) is 14.4. The maximum Gasteiger partial charge on any atom is 0.180 e. The van der Waals surface area contributed by atoms with Crippen molar-refractivity contribution in [2.24, 2.45) is 5.84 Å². The van der Waals surface area contributed by atoms with E-state index in [-0.39, 0.29) is 0 Å². The fourth-order valence-electron chi connectivity index (χ4n) is 2.36. The van der Waals surface area contributed by atoms with Gasteiger partial charge in [-0.3, -0.25) is 0 Å². The lowest BCUT2D eigenvalue weighted by Crippen LogP contribution is -2.47. The molecule has 8 nitrogen and oxygen atoms in total. The molecule has 21 heavy (non-hydrogen) atoms. The van der Waals surface area contributed by atoms with Crippen LogP contribution in [0.25, 0.3) is 5.65 Å². The minimum atomic E-state index is -3.22. The summed E-state index contributed by atoms with van der Waals surface area (Å²) in [7, 11) is -3.22. The summed E-state index contributed by atoms with van der Waals surface area (Å²) in [4.78, 5) is 10.5. The number of nitrogens with zero attached hydrogens (tertiary/aromatic N) is 4. The van der Waals surface area contributed by atoms with Crippen molar-refractivity contribution >= 4 is 38.9 Å². The summed E-state index contributed by atoms with van der Waals surface area (Å²) in [6, 6.07) is 0. The van der Waals surface area contributed by atoms with Gasteiger partial charge in [-0.15, -0.1) is 0 Å². The van der Waals surface area contributed by atoms with Crippen molar-refractivity contribution in [1.29, 1.82) is 0 Å². The third-order valence-electron chi connectivity index (χ3n) is 3.36. The molecule has 1 atom stereocenters. The van der Waals surface area contributed by atoms with Gasteiger partial charge in [0.15, 0.2) is 27.1 Å². The number of sulfone groups is 1. The van der Waals surface area contributed by atoms with Crippen molar-refractivity contribution in [3.8, 4) is 0 Å². The number of hydrazine groups is 1. The van der Waals surface area contributed by atoms with Gasteiger partial charge in [0.25, 0.3) is 0 Å². The molecule has 0 aromatic carbocycles. The van der Waals surface area contributed by atoms with Gasteiger partial charge in [-0.25, -0.2) is 24.2 Å². The summed E-state index contributed by atoms with van der Waals surface area (Å²) < 4.78 is 25.9. The predicted molar refractivity (Wildman–Crippen MR) is 84.1 cm³/mol. The zero-order chi connectivity index (χ0) is 15.0. The molecule has 10 heteroatoms. The van der Waals surface area contributed by atoms with Crippen LogP contribution in [0.4, 0.5) is 11.6 Å². The number of fused-ring (bicyclic) bond motifs is 1. The Morgan fingerprint density at radius 3 is 3.05 bits per heavy atom. The summed E-state index contributed by atoms with van der Waals surface area (Å²) in [5.41, 5.74) is 3.12. The summed E-state index contributed by atoms with van der Waals surface area (Å²) in [6.45, 7) is 0.603. The normalized spacial score (nSPS) is 19.9. The van der Waals surface area contributed by atoms with Gasteiger partial charge in [0.05, 0.1) is 6.20 Å². The third-order valence-corrected chi connectivity index (χ3v) is 6.00. The average Bonchev–Trinajstić information content (AvgIpc) is 2.93. The van der Waals surface area contributed by atoms with Crippen LogP contribution in [0.1, 0.15) is 0 Å². The predicted octanol–water partition coefficient (Wildman–Crippen LogP) is -0.0612. The Bertz CT molecular complexity index is 759. The van der Waals surface area contributed by atoms with Crippen molar-refractivity contribution in [1.82, 2.24) is 14.4 Å². The second-order valence-corrected chi connectivity index (χ2v) is 8.16. The number of nitrogens with two attached hydrogens (primary N) is 1. The van der Waals surface area contributed by atoms with Crippen LogP contribution in [0.3, 0.4) is 0 Å². The lowest BCUT2D eigenvalue weighted by molar-refractivity contribution is 0.584. The summed E-state index contributed by atoms with van der Waals surface area (Å²) in [5, 5.41) is -0.600. The first-order chi connectivity index (χ1) is 10.0. The zero-order valence-electron chi connectivity index (χ0n) is 11.4. The Morgan fingerprint density at radius 2 is 2.33 bits per heavy atom. The smallest absolute Gasteiger partial charge is 0.180 e. The van der Waals surface area contributed by atoms with Crippen LogP contribution in [0.15, 0.2) is 18.6 Å². The van der Waals surface area contributed by atoms with E-state index in [0.717, 1.165) is 5.75 Å². The van der Waals surface area contributed by atoms with Crippen molar-refractivity contribution in [3.63, 3.8) is 0 Å². The number of hydrogen-bond donors (Lipinski definition) is 2. The largest absolute Gasteiger partial charge is 0.335 e. The van der Waals surface area contributed by atoms with E-state index in [2.05, 4.69) is 15.4 Å². The molecule has 1 fully saturated rings. The highest BCUT2D eigenvalue weighted by Gasteiger charge is 2.33. The van der Waals surface area contributed by atoms with Gasteiger partial charge in [0.2, 0.25) is 0 Å². The number of thioether (sulfide) groups is 1. The summed E-state index contributed by atoms with van der Waals surface area (Å²) in [5.74, 6) is 7.80. The van der Waals surface area contributed by atoms with Crippen LogP contribution in [0.2, 0.25) is 0 Å². The summed E-state index contributed by atoms with van der Waals surface area (Å²) in [6.07, 6.45) is 6.38. The maximum absolute atomic E-state index is 12.0. The Hall–Kier alpha value is -1.52. The van der Waals surface area contributed by atoms with Crippen molar-refractivity contribution in [2.75, 3.05) is 34.6 Å². The number of anilines is 2. The molecule has 1 unspecified atom stereocenters. The van der Waals surface area contributed by atoms with Crippen molar-refractivity contribution in [3.05, 3.63) is 18.6 Å². The van der Waals surface area contributed by atoms with E-state index in [0.29, 0.717) is 29.6 Å². The van der Waals surface area contributed by atoms with Gasteiger partial charge >= 0.3 is 0 Å². The highest BCUT2D eigenvalue weighted by molar-refractivity contribution is 8.01. The summed E-state index contributed by atoms with van der Waals surface area (Å²) >= 11 is 1.63. The van der Waals surface area contributed by atoms with Crippen molar-refractivity contribution in [2.45, 2.75) is 5.37 Å². The zero-order valence-corrected chi connectivity index (χ0v) is 13.1. The highest BCUT2D eigenvalue weighted by Crippen LogP contribution is 2.28. The van der Waals surface area contributed by atoms with Gasteiger partial charge in [-0.05, 0) is 0 Å². The van der Waals surface area contributed by atoms with E-state index in [1.54, 1.807) is 39.7 Å². The van der Waals surface area contributed by atoms with Gasteiger partial charge < -0.3 is 14.7 Å². The molecule has 0 bridgehead atoms. The molecule has 1 aliphatic heterocycles. The molecular weight excluding hydrogens is 312 g/mol. The van der Waals surface area contributed by atoms with Gasteiger partial charge in [-0.1, -0.05) is 0 Å². The SMILES string of the molecule is CS(=O)(=O)C1CSCCN1c1nc(NN)cn2ccnc12. The molecule has 2 aromatic heterocycles. The molecule has 114 valence electrons. The first-order valence-electron chi connectivity index (χ1n) is 6.34. The molecule has 3 rings (SSSR count). The van der Waals surface area contributed by atoms with Crippen LogP contribution in [0, 0.1) is 0 Å². The van der Waals surface area contributed by atoms with Gasteiger partial charge in [0.1, 0.15) is 5.37 Å². The van der Waals surface area contributed by atoms with E-state index in [1.807, 2.05) is 0 Å². The number of rotatable bonds is 3. The van der Waals surface area contributed by atoms with Crippen LogP contribution in [-0.2, 0) is 9.84 Å². The van der Waals surface area contributed by atoms with Gasteiger partial charge in [0, 0.05) is 36.7 Å². The van der Waals surface area contributed by atoms with E-state index in [9.17, 15) is 8.42 Å². The Morgan fingerprint density at radius 1 is 1.52 bits per heavy atom. The minimum absolute atomic E-state index is 0.459. The molecule has 1 saturated heterocycles. The third kappa shape index (κ3) is 2.65. The van der Waals surface area contributed by atoms with Gasteiger partial charge in [-0.2, -0.15) is 11.8 Å². The molecule has 3 heterocycles. The topological polar surface area (TPSA) is 106 Å². The molecule has 0 spiro atoms. The average molecular weight is 328 g/mol. The molecule has 0 saturated carbocycles. The van der Waals surface area contributed by atoms with E-state index in [1.165, 1.54) is 6.26 Å². The lowest BCUT2D eigenvalue weighted by Gasteiger charge is -2.35. The van der Waals surface area contributed by atoms with E-state index < -0.39 is 15.2 Å². The van der Waals surface area contributed by atoms with Crippen LogP contribution in [-0.4, -0.2) is 52.5 Å². The monoisotopic (exact) mass is 328 g/mol. The Balaban J connectivity index is 2.15. The molecule has 1 aliphatic rings. The quantitative estimate of drug-likeness (QED) is 0.596. The number of nitrogen functional groups attached to an aromatic ring is 1. The second-order valence-electron chi connectivity index (χ2n) is 4.80. The lowest BCUT2D eigenvalue weighted by atomic mass is 10.4. The number of nitrogens with one attached hydrogen (secondary N) is 1. The molecular formula is C11H16N6O2S2. The number of hydrogen-bond acceptors (Lipinski definition) is 8. The first-order valence-corrected chi connectivity index (χ1v) is 9.45. The van der Waals surface area contributed by atoms with Crippen LogP contribution < -0.4 is 16.2 Å². The van der Waals surface area contributed by atoms with Crippen molar-refractivity contribution < 1.29 is 8.42 Å². The molecule has 0 amide bonds. The number of imidazole rings is 1. The molecule has 0 radical (unpaired) electrons. The molecule has 3 N–H and O–H groups in total. The van der Waals surface area contributed by atoms with E-state index >= 15 is 0 Å². The highest BCUT2D eigenvalue weighted by atomic mass is 32.2. The minimum Gasteiger partial charge on any atom is -0.335 e. The standard InChI is InChI=1S/C11H16N6O2S2/c1-21(18,19)9-7-20-5-4-17(9)11-10-13-2-3-16(10)6-8(14-11)15-12/h2-3,6,9,15H,4-5,7,12H2,1H3. The fraction of sp³-hybridized carbons (Fsp3) is 0.455. The second kappa shape index (κ2) is 5.35. The molecule has 2 aromatic rings. The Labute approximate surface area is 126 Å².